The van der Waals surface area contributed by atoms with Gasteiger partial charge in [0.05, 0.1) is 7.11 Å². The molecule has 0 aromatic carbocycles. The monoisotopic (exact) mass is 138 g/mol. The first kappa shape index (κ1) is 7.38. The van der Waals surface area contributed by atoms with Crippen LogP contribution >= 0.6 is 0 Å². The molecule has 8 heavy (non-hydrogen) atoms. The van der Waals surface area contributed by atoms with Gasteiger partial charge in [-0.25, -0.2) is 4.72 Å². The number of hydrogen-bond donors (Lipinski definition) is 1. The summed E-state index contributed by atoms with van der Waals surface area (Å²) in [5, 5.41) is 0. The van der Waals surface area contributed by atoms with Gasteiger partial charge in [-0.3, -0.25) is 8.98 Å². The van der Waals surface area contributed by atoms with Crippen LogP contribution in [0.1, 0.15) is 0 Å². The van der Waals surface area contributed by atoms with Crippen molar-refractivity contribution in [2.24, 2.45) is 0 Å². The standard InChI is InChI=1S/C2H4NO4S/c1-7-8(5,6)3-2-4/h1H3,(H,3,4). The molecule has 0 bridgehead atoms. The lowest BCUT2D eigenvalue weighted by atomic mass is 11.5. The van der Waals surface area contributed by atoms with Gasteiger partial charge in [-0.15, -0.1) is 0 Å². The number of amides is 1. The molecule has 0 saturated carbocycles. The summed E-state index contributed by atoms with van der Waals surface area (Å²) in [6.07, 6.45) is 0.946. The third-order valence-corrected chi connectivity index (χ3v) is 1.16. The number of hydrogen-bond acceptors (Lipinski definition) is 4. The fourth-order valence-electron chi connectivity index (χ4n) is 0.0927. The Morgan fingerprint density at radius 1 is 1.62 bits per heavy atom. The highest BCUT2D eigenvalue weighted by Gasteiger charge is 2.02. The maximum Gasteiger partial charge on any atom is 0.362 e. The molecule has 0 rings (SSSR count). The largest absolute Gasteiger partial charge is 0.362 e. The summed E-state index contributed by atoms with van der Waals surface area (Å²) in [6, 6.07) is 0. The molecule has 6 heteroatoms. The normalized spacial score (nSPS) is 10.6. The first-order valence-corrected chi connectivity index (χ1v) is 2.97. The van der Waals surface area contributed by atoms with Crippen LogP contribution in [0.4, 0.5) is 0 Å². The van der Waals surface area contributed by atoms with Crippen LogP contribution in [-0.2, 0) is 19.3 Å². The number of nitrogens with one attached hydrogen (secondary N) is 1. The highest BCUT2D eigenvalue weighted by Crippen LogP contribution is 1.76. The Morgan fingerprint density at radius 3 is 2.25 bits per heavy atom. The molecule has 0 aromatic rings. The molecule has 5 nitrogen and oxygen atoms in total. The van der Waals surface area contributed by atoms with E-state index in [0.717, 1.165) is 13.5 Å². The topological polar surface area (TPSA) is 72.5 Å². The second-order valence-electron chi connectivity index (χ2n) is 0.825. The lowest BCUT2D eigenvalue weighted by Crippen LogP contribution is -2.22. The van der Waals surface area contributed by atoms with Crippen LogP contribution < -0.4 is 4.72 Å². The van der Waals surface area contributed by atoms with E-state index in [0.29, 0.717) is 0 Å². The fraction of sp³-hybridized carbons (Fsp3) is 0.500. The molecule has 0 aliphatic rings. The van der Waals surface area contributed by atoms with E-state index in [9.17, 15) is 13.2 Å². The minimum Gasteiger partial charge on any atom is -0.262 e. The van der Waals surface area contributed by atoms with Gasteiger partial charge in [-0.1, -0.05) is 0 Å². The van der Waals surface area contributed by atoms with E-state index in [1.165, 1.54) is 4.72 Å². The fourth-order valence-corrected chi connectivity index (χ4v) is 0.278. The van der Waals surface area contributed by atoms with Gasteiger partial charge in [0.2, 0.25) is 0 Å². The molecule has 0 heterocycles. The first-order valence-electron chi connectivity index (χ1n) is 1.57. The van der Waals surface area contributed by atoms with Crippen molar-refractivity contribution >= 4 is 16.7 Å². The molecule has 0 unspecified atom stereocenters. The predicted octanol–water partition coefficient (Wildman–Crippen LogP) is -1.47. The highest BCUT2D eigenvalue weighted by atomic mass is 32.2. The van der Waals surface area contributed by atoms with Gasteiger partial charge < -0.3 is 0 Å². The summed E-state index contributed by atoms with van der Waals surface area (Å²) in [4.78, 5) is 9.28. The van der Waals surface area contributed by atoms with Crippen molar-refractivity contribution in [2.45, 2.75) is 0 Å². The Balaban J connectivity index is 3.94. The van der Waals surface area contributed by atoms with E-state index in [2.05, 4.69) is 4.18 Å². The minimum absolute atomic E-state index is 0.930. The van der Waals surface area contributed by atoms with Crippen molar-refractivity contribution in [1.82, 2.24) is 4.72 Å². The van der Waals surface area contributed by atoms with Gasteiger partial charge in [0.1, 0.15) is 0 Å². The smallest absolute Gasteiger partial charge is 0.262 e. The van der Waals surface area contributed by atoms with Crippen LogP contribution in [0, 0.1) is 0 Å². The predicted molar refractivity (Wildman–Crippen MR) is 24.8 cm³/mol. The zero-order valence-corrected chi connectivity index (χ0v) is 4.86. The molecular formula is C2H4NO4S. The Morgan fingerprint density at radius 2 is 2.12 bits per heavy atom. The first-order chi connectivity index (χ1) is 3.62. The maximum atomic E-state index is 10.0. The maximum absolute atomic E-state index is 10.0. The second-order valence-corrected chi connectivity index (χ2v) is 2.27. The third kappa shape index (κ3) is 2.54. The minimum atomic E-state index is -3.84. The van der Waals surface area contributed by atoms with E-state index in [4.69, 9.17) is 0 Å². The quantitative estimate of drug-likeness (QED) is 0.483. The molecule has 0 aliphatic carbocycles. The van der Waals surface area contributed by atoms with Gasteiger partial charge in [0, 0.05) is 0 Å². The highest BCUT2D eigenvalue weighted by molar-refractivity contribution is 7.85. The zero-order valence-electron chi connectivity index (χ0n) is 4.04. The van der Waals surface area contributed by atoms with Crippen molar-refractivity contribution < 1.29 is 17.4 Å². The Hall–Kier alpha value is -0.620. The van der Waals surface area contributed by atoms with Crippen LogP contribution in [0.2, 0.25) is 0 Å². The molecule has 0 atom stereocenters. The van der Waals surface area contributed by atoms with Crippen LogP contribution in [0.3, 0.4) is 0 Å². The molecule has 0 fully saturated rings. The van der Waals surface area contributed by atoms with E-state index in [-0.39, 0.29) is 0 Å². The van der Waals surface area contributed by atoms with Crippen LogP contribution in [0.15, 0.2) is 0 Å². The van der Waals surface area contributed by atoms with Gasteiger partial charge in [-0.05, 0) is 0 Å². The van der Waals surface area contributed by atoms with Gasteiger partial charge in [-0.2, -0.15) is 8.42 Å². The molecule has 1 N–H and O–H groups in total. The summed E-state index contributed by atoms with van der Waals surface area (Å²) < 4.78 is 25.1. The lowest BCUT2D eigenvalue weighted by molar-refractivity contribution is 0.392. The summed E-state index contributed by atoms with van der Waals surface area (Å²) in [6.45, 7) is 0. The molecule has 0 saturated heterocycles. The molecular weight excluding hydrogens is 134 g/mol. The summed E-state index contributed by atoms with van der Waals surface area (Å²) >= 11 is 0. The molecule has 1 amide bonds. The third-order valence-electron chi connectivity index (χ3n) is 0.386. The average molecular weight is 138 g/mol. The van der Waals surface area contributed by atoms with Crippen LogP contribution in [-0.4, -0.2) is 21.9 Å². The lowest BCUT2D eigenvalue weighted by Gasteiger charge is -1.92. The summed E-state index contributed by atoms with van der Waals surface area (Å²) in [7, 11) is -2.91. The summed E-state index contributed by atoms with van der Waals surface area (Å²) in [5.74, 6) is 0. The van der Waals surface area contributed by atoms with Crippen LogP contribution in [0.5, 0.6) is 0 Å². The zero-order chi connectivity index (χ0) is 6.62. The molecule has 47 valence electrons. The Labute approximate surface area is 46.9 Å². The second kappa shape index (κ2) is 2.63. The molecule has 0 spiro atoms. The van der Waals surface area contributed by atoms with Crippen molar-refractivity contribution in [1.29, 1.82) is 0 Å². The van der Waals surface area contributed by atoms with Crippen molar-refractivity contribution in [3.8, 4) is 0 Å². The molecule has 1 radical (unpaired) electrons. The Kier molecular flexibility index (Phi) is 2.43. The summed E-state index contributed by atoms with van der Waals surface area (Å²) in [5.41, 5.74) is 0. The Bertz CT molecular complexity index is 159. The van der Waals surface area contributed by atoms with Gasteiger partial charge >= 0.3 is 16.7 Å². The van der Waals surface area contributed by atoms with Crippen LogP contribution in [0.25, 0.3) is 0 Å². The number of carbonyl (C=O) groups excluding carboxylic acids is 1. The average Bonchev–Trinajstić information content (AvgIpc) is 1.67. The van der Waals surface area contributed by atoms with E-state index in [1.807, 2.05) is 0 Å². The van der Waals surface area contributed by atoms with E-state index < -0.39 is 10.3 Å². The SMILES string of the molecule is COS(=O)(=O)N[C]=O. The van der Waals surface area contributed by atoms with E-state index in [1.54, 1.807) is 0 Å². The molecule has 0 aromatic heterocycles. The van der Waals surface area contributed by atoms with Crippen molar-refractivity contribution in [3.63, 3.8) is 0 Å². The molecule has 0 aliphatic heterocycles. The van der Waals surface area contributed by atoms with Gasteiger partial charge in [0.25, 0.3) is 0 Å². The van der Waals surface area contributed by atoms with Gasteiger partial charge in [0.15, 0.2) is 0 Å². The van der Waals surface area contributed by atoms with Crippen molar-refractivity contribution in [2.75, 3.05) is 7.11 Å². The van der Waals surface area contributed by atoms with Crippen molar-refractivity contribution in [3.05, 3.63) is 0 Å². The van der Waals surface area contributed by atoms with E-state index >= 15 is 0 Å². The number of rotatable bonds is 3.